The zero-order valence-corrected chi connectivity index (χ0v) is 19.1. The predicted molar refractivity (Wildman–Crippen MR) is 134 cm³/mol. The molecule has 0 aromatic heterocycles. The van der Waals surface area contributed by atoms with Crippen LogP contribution >= 0.6 is 15.9 Å². The van der Waals surface area contributed by atoms with Crippen molar-refractivity contribution in [2.75, 3.05) is 11.9 Å². The van der Waals surface area contributed by atoms with E-state index in [-0.39, 0.29) is 12.5 Å². The van der Waals surface area contributed by atoms with Gasteiger partial charge in [0.15, 0.2) is 0 Å². The number of carbonyl (C=O) groups is 2. The number of esters is 1. The molecule has 7 heteroatoms. The molecule has 4 rings (SSSR count). The Hall–Kier alpha value is -3.97. The lowest BCUT2D eigenvalue weighted by atomic mass is 10.1. The molecule has 0 saturated heterocycles. The van der Waals surface area contributed by atoms with Crippen LogP contribution in [0.2, 0.25) is 0 Å². The van der Waals surface area contributed by atoms with Crippen molar-refractivity contribution in [3.05, 3.63) is 107 Å². The monoisotopic (exact) mass is 501 g/mol. The summed E-state index contributed by atoms with van der Waals surface area (Å²) in [6.45, 7) is 0.0552. The lowest BCUT2D eigenvalue weighted by molar-refractivity contribution is -0.119. The second kappa shape index (κ2) is 10.6. The first-order valence-corrected chi connectivity index (χ1v) is 11.0. The van der Waals surface area contributed by atoms with Crippen molar-refractivity contribution in [2.24, 2.45) is 5.10 Å². The van der Waals surface area contributed by atoms with Crippen molar-refractivity contribution in [2.45, 2.75) is 0 Å². The van der Waals surface area contributed by atoms with E-state index in [0.29, 0.717) is 16.9 Å². The molecule has 4 aromatic rings. The molecule has 4 aromatic carbocycles. The highest BCUT2D eigenvalue weighted by Crippen LogP contribution is 2.24. The van der Waals surface area contributed by atoms with Crippen LogP contribution in [0, 0.1) is 0 Å². The highest BCUT2D eigenvalue weighted by molar-refractivity contribution is 9.10. The normalized spacial score (nSPS) is 10.8. The molecule has 0 atom stereocenters. The van der Waals surface area contributed by atoms with Gasteiger partial charge in [-0.1, -0.05) is 70.5 Å². The Morgan fingerprint density at radius 1 is 0.909 bits per heavy atom. The standard InChI is InChI=1S/C26H20BrN3O3/c27-21-13-14-24(33-26(32)19-8-2-1-3-9-19)20(15-21)16-29-30-25(31)17-28-23-12-6-10-18-7-4-5-11-22(18)23/h1-16,28H,17H2,(H,30,31). The maximum absolute atomic E-state index is 12.4. The van der Waals surface area contributed by atoms with Crippen LogP contribution in [0.3, 0.4) is 0 Å². The Bertz CT molecular complexity index is 1320. The smallest absolute Gasteiger partial charge is 0.343 e. The van der Waals surface area contributed by atoms with Gasteiger partial charge in [0.2, 0.25) is 0 Å². The van der Waals surface area contributed by atoms with Gasteiger partial charge in [-0.3, -0.25) is 4.79 Å². The first-order valence-electron chi connectivity index (χ1n) is 10.2. The van der Waals surface area contributed by atoms with Crippen LogP contribution in [0.1, 0.15) is 15.9 Å². The zero-order valence-electron chi connectivity index (χ0n) is 17.5. The number of hydrogen-bond donors (Lipinski definition) is 2. The van der Waals surface area contributed by atoms with Gasteiger partial charge in [0.1, 0.15) is 5.75 Å². The van der Waals surface area contributed by atoms with E-state index >= 15 is 0 Å². The third-order valence-electron chi connectivity index (χ3n) is 4.81. The summed E-state index contributed by atoms with van der Waals surface area (Å²) in [5.41, 5.74) is 4.34. The van der Waals surface area contributed by atoms with Gasteiger partial charge in [0.25, 0.3) is 5.91 Å². The van der Waals surface area contributed by atoms with Crippen LogP contribution in [-0.4, -0.2) is 24.6 Å². The lowest BCUT2D eigenvalue weighted by Crippen LogP contribution is -2.26. The number of hydrazone groups is 1. The first-order chi connectivity index (χ1) is 16.1. The SMILES string of the molecule is O=C(CNc1cccc2ccccc12)NN=Cc1cc(Br)ccc1OC(=O)c1ccccc1. The minimum Gasteiger partial charge on any atom is -0.422 e. The molecule has 0 aliphatic carbocycles. The van der Waals surface area contributed by atoms with Crippen LogP contribution < -0.4 is 15.5 Å². The van der Waals surface area contributed by atoms with Crippen LogP contribution in [-0.2, 0) is 4.79 Å². The average Bonchev–Trinajstić information content (AvgIpc) is 2.84. The van der Waals surface area contributed by atoms with E-state index < -0.39 is 5.97 Å². The quantitative estimate of drug-likeness (QED) is 0.154. The van der Waals surface area contributed by atoms with Gasteiger partial charge in [-0.15, -0.1) is 0 Å². The number of halogens is 1. The number of nitrogens with one attached hydrogen (secondary N) is 2. The topological polar surface area (TPSA) is 79.8 Å². The number of carbonyl (C=O) groups excluding carboxylic acids is 2. The predicted octanol–water partition coefficient (Wildman–Crippen LogP) is 5.38. The van der Waals surface area contributed by atoms with Crippen molar-refractivity contribution in [3.8, 4) is 5.75 Å². The maximum atomic E-state index is 12.4. The Morgan fingerprint density at radius 3 is 2.52 bits per heavy atom. The molecule has 0 heterocycles. The summed E-state index contributed by atoms with van der Waals surface area (Å²) in [6, 6.07) is 27.7. The minimum atomic E-state index is -0.476. The van der Waals surface area contributed by atoms with E-state index in [9.17, 15) is 9.59 Å². The van der Waals surface area contributed by atoms with Gasteiger partial charge in [0.05, 0.1) is 18.3 Å². The van der Waals surface area contributed by atoms with Gasteiger partial charge in [-0.25, -0.2) is 10.2 Å². The fourth-order valence-electron chi connectivity index (χ4n) is 3.21. The first kappa shape index (κ1) is 22.2. The largest absolute Gasteiger partial charge is 0.422 e. The number of amides is 1. The number of ether oxygens (including phenoxy) is 1. The number of fused-ring (bicyclic) bond motifs is 1. The molecule has 0 aliphatic rings. The molecule has 1 amide bonds. The van der Waals surface area contributed by atoms with E-state index in [1.807, 2.05) is 48.5 Å². The molecule has 0 aliphatic heterocycles. The van der Waals surface area contributed by atoms with Crippen molar-refractivity contribution < 1.29 is 14.3 Å². The van der Waals surface area contributed by atoms with E-state index in [4.69, 9.17) is 4.74 Å². The fraction of sp³-hybridized carbons (Fsp3) is 0.0385. The average molecular weight is 502 g/mol. The van der Waals surface area contributed by atoms with Gasteiger partial charge in [-0.2, -0.15) is 5.10 Å². The third kappa shape index (κ3) is 5.84. The third-order valence-corrected chi connectivity index (χ3v) is 5.30. The second-order valence-electron chi connectivity index (χ2n) is 7.11. The van der Waals surface area contributed by atoms with Crippen molar-refractivity contribution in [1.29, 1.82) is 0 Å². The number of rotatable bonds is 7. The molecule has 0 fully saturated rings. The molecule has 33 heavy (non-hydrogen) atoms. The molecule has 0 saturated carbocycles. The highest BCUT2D eigenvalue weighted by atomic mass is 79.9. The van der Waals surface area contributed by atoms with Crippen LogP contribution in [0.4, 0.5) is 5.69 Å². The minimum absolute atomic E-state index is 0.0552. The van der Waals surface area contributed by atoms with Crippen LogP contribution in [0.15, 0.2) is 101 Å². The summed E-state index contributed by atoms with van der Waals surface area (Å²) in [6.07, 6.45) is 1.44. The summed E-state index contributed by atoms with van der Waals surface area (Å²) in [7, 11) is 0. The molecule has 0 spiro atoms. The Labute approximate surface area is 199 Å². The van der Waals surface area contributed by atoms with E-state index in [1.165, 1.54) is 6.21 Å². The summed E-state index contributed by atoms with van der Waals surface area (Å²) in [5, 5.41) is 9.29. The summed E-state index contributed by atoms with van der Waals surface area (Å²) >= 11 is 3.40. The Morgan fingerprint density at radius 2 is 1.67 bits per heavy atom. The molecule has 0 radical (unpaired) electrons. The van der Waals surface area contributed by atoms with Crippen LogP contribution in [0.5, 0.6) is 5.75 Å². The lowest BCUT2D eigenvalue weighted by Gasteiger charge is -2.09. The molecular formula is C26H20BrN3O3. The van der Waals surface area contributed by atoms with Gasteiger partial charge in [-0.05, 0) is 41.8 Å². The number of nitrogens with zero attached hydrogens (tertiary/aromatic N) is 1. The van der Waals surface area contributed by atoms with Gasteiger partial charge in [0, 0.05) is 21.1 Å². The highest BCUT2D eigenvalue weighted by Gasteiger charge is 2.11. The molecule has 2 N–H and O–H groups in total. The Balaban J connectivity index is 1.39. The Kier molecular flexibility index (Phi) is 7.12. The summed E-state index contributed by atoms with van der Waals surface area (Å²) < 4.78 is 6.30. The van der Waals surface area contributed by atoms with E-state index in [2.05, 4.69) is 31.8 Å². The van der Waals surface area contributed by atoms with Crippen molar-refractivity contribution in [3.63, 3.8) is 0 Å². The van der Waals surface area contributed by atoms with E-state index in [0.717, 1.165) is 20.9 Å². The zero-order chi connectivity index (χ0) is 23.0. The number of benzene rings is 4. The molecule has 0 bridgehead atoms. The maximum Gasteiger partial charge on any atom is 0.343 e. The second-order valence-corrected chi connectivity index (χ2v) is 8.03. The molecule has 6 nitrogen and oxygen atoms in total. The van der Waals surface area contributed by atoms with Gasteiger partial charge < -0.3 is 10.1 Å². The number of anilines is 1. The summed E-state index contributed by atoms with van der Waals surface area (Å²) in [4.78, 5) is 24.7. The fourth-order valence-corrected chi connectivity index (χ4v) is 3.59. The van der Waals surface area contributed by atoms with Crippen molar-refractivity contribution >= 4 is 50.5 Å². The van der Waals surface area contributed by atoms with Crippen molar-refractivity contribution in [1.82, 2.24) is 5.43 Å². The summed E-state index contributed by atoms with van der Waals surface area (Å²) in [5.74, 6) is -0.452. The number of hydrogen-bond acceptors (Lipinski definition) is 5. The van der Waals surface area contributed by atoms with Gasteiger partial charge >= 0.3 is 5.97 Å². The molecule has 0 unspecified atom stereocenters. The van der Waals surface area contributed by atoms with E-state index in [1.54, 1.807) is 42.5 Å². The molecular weight excluding hydrogens is 482 g/mol. The molecule has 164 valence electrons. The van der Waals surface area contributed by atoms with Crippen LogP contribution in [0.25, 0.3) is 10.8 Å².